The average Bonchev–Trinajstić information content (AvgIpc) is 2.61. The van der Waals surface area contributed by atoms with Crippen molar-refractivity contribution in [3.05, 3.63) is 66.7 Å². The molecule has 3 aromatic rings. The summed E-state index contributed by atoms with van der Waals surface area (Å²) in [6.07, 6.45) is 1.34. The second kappa shape index (κ2) is 7.44. The van der Waals surface area contributed by atoms with Crippen LogP contribution in [0, 0.1) is 0 Å². The molecule has 0 radical (unpaired) electrons. The quantitative estimate of drug-likeness (QED) is 0.637. The van der Waals surface area contributed by atoms with Crippen molar-refractivity contribution in [1.82, 2.24) is 0 Å². The van der Waals surface area contributed by atoms with Crippen LogP contribution >= 0.6 is 24.8 Å². The highest BCUT2D eigenvalue weighted by Gasteiger charge is 2.30. The number of hydrogen-bond acceptors (Lipinski definition) is 4. The molecule has 0 fully saturated rings. The lowest BCUT2D eigenvalue weighted by atomic mass is 10.1. The number of para-hydroxylation sites is 2. The monoisotopic (exact) mass is 395 g/mol. The fourth-order valence-corrected chi connectivity index (χ4v) is 3.85. The first-order chi connectivity index (χ1) is 11.1. The highest BCUT2D eigenvalue weighted by molar-refractivity contribution is 7.92. The van der Waals surface area contributed by atoms with Crippen molar-refractivity contribution in [3.8, 4) is 5.75 Å². The molecule has 1 unspecified atom stereocenters. The van der Waals surface area contributed by atoms with Crippen LogP contribution in [0.5, 0.6) is 5.75 Å². The van der Waals surface area contributed by atoms with Crippen LogP contribution in [0.1, 0.15) is 0 Å². The molecule has 0 aliphatic carbocycles. The molecule has 4 nitrogen and oxygen atoms in total. The number of hydrogen-bond donors (Lipinski definition) is 0. The van der Waals surface area contributed by atoms with Crippen molar-refractivity contribution in [3.63, 3.8) is 0 Å². The zero-order valence-electron chi connectivity index (χ0n) is 12.9. The van der Waals surface area contributed by atoms with Crippen LogP contribution in [0.2, 0.25) is 0 Å². The van der Waals surface area contributed by atoms with Crippen molar-refractivity contribution < 1.29 is 13.2 Å². The van der Waals surface area contributed by atoms with Gasteiger partial charge in [0.2, 0.25) is 15.3 Å². The number of nitrogens with zero attached hydrogens (tertiary/aromatic N) is 1. The zero-order valence-corrected chi connectivity index (χ0v) is 15.4. The number of halogens is 2. The van der Waals surface area contributed by atoms with Gasteiger partial charge in [0.05, 0.1) is 11.1 Å². The smallest absolute Gasteiger partial charge is 0.238 e. The molecule has 4 rings (SSSR count). The normalized spacial score (nSPS) is 15.4. The Morgan fingerprint density at radius 2 is 1.52 bits per heavy atom. The largest absolute Gasteiger partial charge is 0.466 e. The van der Waals surface area contributed by atoms with E-state index < -0.39 is 15.3 Å². The first-order valence-electron chi connectivity index (χ1n) is 7.17. The number of fused-ring (bicyclic) bond motifs is 2. The molecule has 7 heteroatoms. The van der Waals surface area contributed by atoms with Gasteiger partial charge in [-0.1, -0.05) is 42.5 Å². The van der Waals surface area contributed by atoms with Crippen LogP contribution in [-0.2, 0) is 9.84 Å². The number of sulfone groups is 1. The predicted octanol–water partition coefficient (Wildman–Crippen LogP) is 4.58. The van der Waals surface area contributed by atoms with Gasteiger partial charge in [0.1, 0.15) is 11.4 Å². The molecule has 1 aliphatic rings. The minimum atomic E-state index is -3.67. The van der Waals surface area contributed by atoms with E-state index in [9.17, 15) is 8.42 Å². The summed E-state index contributed by atoms with van der Waals surface area (Å²) in [5, 5.41) is 1.87. The maximum Gasteiger partial charge on any atom is 0.238 e. The van der Waals surface area contributed by atoms with Gasteiger partial charge in [-0.15, -0.1) is 24.8 Å². The van der Waals surface area contributed by atoms with Gasteiger partial charge in [-0.2, -0.15) is 0 Å². The lowest BCUT2D eigenvalue weighted by Gasteiger charge is -2.20. The molecule has 1 aliphatic heterocycles. The maximum absolute atomic E-state index is 12.8. The summed E-state index contributed by atoms with van der Waals surface area (Å²) < 4.78 is 31.3. The summed E-state index contributed by atoms with van der Waals surface area (Å²) in [6, 6.07) is 19.8. The lowest BCUT2D eigenvalue weighted by molar-refractivity contribution is 0.332. The van der Waals surface area contributed by atoms with Crippen molar-refractivity contribution in [2.45, 2.75) is 10.3 Å². The zero-order chi connectivity index (χ0) is 15.9. The maximum atomic E-state index is 12.8. The Morgan fingerprint density at radius 1 is 0.840 bits per heavy atom. The fourth-order valence-electron chi connectivity index (χ4n) is 2.58. The Bertz CT molecular complexity index is 1040. The molecular weight excluding hydrogens is 381 g/mol. The van der Waals surface area contributed by atoms with Crippen molar-refractivity contribution in [1.29, 1.82) is 0 Å². The minimum absolute atomic E-state index is 0. The second-order valence-corrected chi connectivity index (χ2v) is 7.31. The fraction of sp³-hybridized carbons (Fsp3) is 0.0556. The minimum Gasteiger partial charge on any atom is -0.466 e. The molecule has 3 aromatic carbocycles. The Labute approximate surface area is 158 Å². The molecular formula is C18H15Cl2NO3S. The van der Waals surface area contributed by atoms with Crippen molar-refractivity contribution in [2.75, 3.05) is 0 Å². The van der Waals surface area contributed by atoms with E-state index in [1.54, 1.807) is 36.4 Å². The predicted molar refractivity (Wildman–Crippen MR) is 105 cm³/mol. The highest BCUT2D eigenvalue weighted by atomic mass is 35.5. The van der Waals surface area contributed by atoms with Gasteiger partial charge in [-0.05, 0) is 35.0 Å². The average molecular weight is 396 g/mol. The van der Waals surface area contributed by atoms with Gasteiger partial charge in [0.15, 0.2) is 0 Å². The number of ether oxygens (including phenoxy) is 1. The molecule has 0 bridgehead atoms. The Morgan fingerprint density at radius 3 is 2.32 bits per heavy atom. The summed E-state index contributed by atoms with van der Waals surface area (Å²) in [5.74, 6) is 0.476. The van der Waals surface area contributed by atoms with Crippen LogP contribution in [-0.4, -0.2) is 20.1 Å². The first-order valence-corrected chi connectivity index (χ1v) is 8.72. The Kier molecular flexibility index (Phi) is 5.72. The Hall–Kier alpha value is -2.08. The molecule has 1 heterocycles. The summed E-state index contributed by atoms with van der Waals surface area (Å²) >= 11 is 0. The second-order valence-electron chi connectivity index (χ2n) is 5.29. The first kappa shape index (κ1) is 19.2. The summed E-state index contributed by atoms with van der Waals surface area (Å²) in [4.78, 5) is 4.43. The van der Waals surface area contributed by atoms with E-state index in [2.05, 4.69) is 4.99 Å². The van der Waals surface area contributed by atoms with E-state index in [4.69, 9.17) is 4.74 Å². The van der Waals surface area contributed by atoms with E-state index in [-0.39, 0.29) is 29.7 Å². The number of rotatable bonds is 2. The molecule has 0 aromatic heterocycles. The molecule has 0 N–H and O–H groups in total. The molecule has 130 valence electrons. The third-order valence-corrected chi connectivity index (χ3v) is 5.54. The van der Waals surface area contributed by atoms with Gasteiger partial charge in [-0.3, -0.25) is 4.99 Å². The Balaban J connectivity index is 0.00000113. The standard InChI is InChI=1S/C18H13NO3S.2ClH/c20-23(21,15-10-9-13-5-1-2-6-14(13)11-15)18-12-19-16-7-3-4-8-17(16)22-18;;/h1-12,18H;2*1H. The summed E-state index contributed by atoms with van der Waals surface area (Å²) in [6.45, 7) is 0. The molecule has 0 spiro atoms. The molecule has 25 heavy (non-hydrogen) atoms. The van der Waals surface area contributed by atoms with Crippen molar-refractivity contribution >= 4 is 57.3 Å². The van der Waals surface area contributed by atoms with E-state index >= 15 is 0 Å². The van der Waals surface area contributed by atoms with Gasteiger partial charge < -0.3 is 4.74 Å². The van der Waals surface area contributed by atoms with E-state index in [0.717, 1.165) is 10.8 Å². The summed E-state index contributed by atoms with van der Waals surface area (Å²) in [7, 11) is -3.67. The van der Waals surface area contributed by atoms with E-state index in [0.29, 0.717) is 11.4 Å². The molecule has 0 saturated carbocycles. The molecule has 0 saturated heterocycles. The van der Waals surface area contributed by atoms with Crippen molar-refractivity contribution in [2.24, 2.45) is 4.99 Å². The van der Waals surface area contributed by atoms with Crippen LogP contribution in [0.4, 0.5) is 5.69 Å². The molecule has 1 atom stereocenters. The van der Waals surface area contributed by atoms with Gasteiger partial charge >= 0.3 is 0 Å². The van der Waals surface area contributed by atoms with Crippen LogP contribution in [0.15, 0.2) is 76.6 Å². The summed E-state index contributed by atoms with van der Waals surface area (Å²) in [5.41, 5.74) is -0.476. The lowest BCUT2D eigenvalue weighted by Crippen LogP contribution is -2.30. The third kappa shape index (κ3) is 3.49. The number of aliphatic imine (C=N–C) groups is 1. The van der Waals surface area contributed by atoms with Crippen LogP contribution in [0.25, 0.3) is 10.8 Å². The highest BCUT2D eigenvalue weighted by Crippen LogP contribution is 2.33. The SMILES string of the molecule is Cl.Cl.O=S(=O)(c1ccc2ccccc2c1)C1C=Nc2ccccc2O1. The third-order valence-electron chi connectivity index (χ3n) is 3.80. The number of benzene rings is 3. The van der Waals surface area contributed by atoms with E-state index in [1.165, 1.54) is 6.21 Å². The topological polar surface area (TPSA) is 55.7 Å². The van der Waals surface area contributed by atoms with Gasteiger partial charge in [0, 0.05) is 0 Å². The van der Waals surface area contributed by atoms with Gasteiger partial charge in [-0.25, -0.2) is 8.42 Å². The molecule has 0 amide bonds. The van der Waals surface area contributed by atoms with Crippen LogP contribution in [0.3, 0.4) is 0 Å². The van der Waals surface area contributed by atoms with Gasteiger partial charge in [0.25, 0.3) is 0 Å². The van der Waals surface area contributed by atoms with Crippen LogP contribution < -0.4 is 4.74 Å². The van der Waals surface area contributed by atoms with E-state index in [1.807, 2.05) is 30.3 Å².